The third-order valence-corrected chi connectivity index (χ3v) is 6.52. The molecular weight excluding hydrogens is 400 g/mol. The number of anilines is 1. The predicted molar refractivity (Wildman–Crippen MR) is 125 cm³/mol. The Hall–Kier alpha value is -3.39. The molecule has 0 atom stereocenters. The molecule has 4 heterocycles. The number of benzene rings is 1. The lowest BCUT2D eigenvalue weighted by Crippen LogP contribution is -2.43. The summed E-state index contributed by atoms with van der Waals surface area (Å²) >= 11 is 0. The normalized spacial score (nSPS) is 15.1. The number of nitrogens with zero attached hydrogens (tertiary/aromatic N) is 8. The van der Waals surface area contributed by atoms with Gasteiger partial charge in [0.15, 0.2) is 5.82 Å². The van der Waals surface area contributed by atoms with E-state index >= 15 is 0 Å². The van der Waals surface area contributed by atoms with Crippen LogP contribution in [0.15, 0.2) is 49.1 Å². The van der Waals surface area contributed by atoms with E-state index in [1.165, 1.54) is 0 Å². The van der Waals surface area contributed by atoms with Gasteiger partial charge in [-0.15, -0.1) is 10.2 Å². The molecule has 32 heavy (non-hydrogen) atoms. The molecule has 0 spiro atoms. The summed E-state index contributed by atoms with van der Waals surface area (Å²) in [7, 11) is 4.13. The van der Waals surface area contributed by atoms with E-state index in [9.17, 15) is 0 Å². The summed E-state index contributed by atoms with van der Waals surface area (Å²) in [6.07, 6.45) is 7.49. The summed E-state index contributed by atoms with van der Waals surface area (Å²) in [5, 5.41) is 15.9. The van der Waals surface area contributed by atoms with Crippen LogP contribution in [-0.4, -0.2) is 61.0 Å². The second-order valence-electron chi connectivity index (χ2n) is 8.54. The van der Waals surface area contributed by atoms with Gasteiger partial charge < -0.3 is 4.90 Å². The minimum Gasteiger partial charge on any atom is -0.354 e. The second-order valence-corrected chi connectivity index (χ2v) is 8.54. The van der Waals surface area contributed by atoms with Crippen molar-refractivity contribution in [3.8, 4) is 11.4 Å². The molecule has 0 radical (unpaired) electrons. The highest BCUT2D eigenvalue weighted by Gasteiger charge is 2.25. The Morgan fingerprint density at radius 2 is 1.84 bits per heavy atom. The molecule has 8 heteroatoms. The first-order chi connectivity index (χ1) is 15.6. The van der Waals surface area contributed by atoms with Crippen molar-refractivity contribution in [3.05, 3.63) is 60.3 Å². The van der Waals surface area contributed by atoms with E-state index in [2.05, 4.69) is 73.3 Å². The van der Waals surface area contributed by atoms with Gasteiger partial charge in [-0.25, -0.2) is 9.97 Å². The first-order valence-corrected chi connectivity index (χ1v) is 11.1. The average molecular weight is 429 g/mol. The van der Waals surface area contributed by atoms with Crippen LogP contribution in [0.5, 0.6) is 0 Å². The molecule has 164 valence electrons. The molecule has 0 amide bonds. The minimum absolute atomic E-state index is 0.522. The highest BCUT2D eigenvalue weighted by molar-refractivity contribution is 5.99. The van der Waals surface area contributed by atoms with Crippen LogP contribution < -0.4 is 4.90 Å². The predicted octanol–water partition coefficient (Wildman–Crippen LogP) is 3.23. The number of hydrogen-bond donors (Lipinski definition) is 0. The quantitative estimate of drug-likeness (QED) is 0.483. The van der Waals surface area contributed by atoms with Crippen molar-refractivity contribution in [2.75, 3.05) is 25.0 Å². The number of rotatable bonds is 5. The molecule has 0 saturated carbocycles. The first kappa shape index (κ1) is 20.5. The SMILES string of the molecule is Cc1cncnc1CN(C)C1CCN(c2nnc(-c3ccnn3C)c3ccccc23)CC1. The second kappa shape index (κ2) is 8.63. The third-order valence-electron chi connectivity index (χ3n) is 6.52. The topological polar surface area (TPSA) is 75.9 Å². The van der Waals surface area contributed by atoms with Crippen LogP contribution in [-0.2, 0) is 13.6 Å². The van der Waals surface area contributed by atoms with Gasteiger partial charge in [0.1, 0.15) is 12.0 Å². The van der Waals surface area contributed by atoms with Crippen LogP contribution in [0, 0.1) is 6.92 Å². The summed E-state index contributed by atoms with van der Waals surface area (Å²) in [6, 6.07) is 10.9. The average Bonchev–Trinajstić information content (AvgIpc) is 3.25. The van der Waals surface area contributed by atoms with E-state index < -0.39 is 0 Å². The molecule has 3 aromatic heterocycles. The Bertz CT molecular complexity index is 1230. The van der Waals surface area contributed by atoms with E-state index in [0.717, 1.165) is 71.7 Å². The zero-order valence-corrected chi connectivity index (χ0v) is 18.8. The molecule has 1 aliphatic heterocycles. The highest BCUT2D eigenvalue weighted by atomic mass is 15.3. The Balaban J connectivity index is 1.34. The van der Waals surface area contributed by atoms with Crippen LogP contribution >= 0.6 is 0 Å². The molecule has 1 aliphatic rings. The molecule has 0 bridgehead atoms. The molecule has 0 aliphatic carbocycles. The van der Waals surface area contributed by atoms with Gasteiger partial charge in [-0.05, 0) is 38.4 Å². The van der Waals surface area contributed by atoms with Crippen molar-refractivity contribution in [1.29, 1.82) is 0 Å². The maximum absolute atomic E-state index is 4.68. The van der Waals surface area contributed by atoms with E-state index in [4.69, 9.17) is 0 Å². The van der Waals surface area contributed by atoms with Crippen LogP contribution in [0.4, 0.5) is 5.82 Å². The summed E-state index contributed by atoms with van der Waals surface area (Å²) in [6.45, 7) is 4.84. The van der Waals surface area contributed by atoms with Crippen molar-refractivity contribution in [1.82, 2.24) is 34.8 Å². The number of fused-ring (bicyclic) bond motifs is 1. The van der Waals surface area contributed by atoms with Gasteiger partial charge >= 0.3 is 0 Å². The first-order valence-electron chi connectivity index (χ1n) is 11.1. The molecule has 1 aromatic carbocycles. The third kappa shape index (κ3) is 3.82. The maximum Gasteiger partial charge on any atom is 0.159 e. The maximum atomic E-state index is 4.68. The Kier molecular flexibility index (Phi) is 5.53. The Labute approximate surface area is 187 Å². The number of hydrogen-bond acceptors (Lipinski definition) is 7. The van der Waals surface area contributed by atoms with Gasteiger partial charge in [0.2, 0.25) is 0 Å². The number of piperidine rings is 1. The Morgan fingerprint density at radius 3 is 2.56 bits per heavy atom. The van der Waals surface area contributed by atoms with Crippen molar-refractivity contribution in [2.24, 2.45) is 7.05 Å². The monoisotopic (exact) mass is 428 g/mol. The van der Waals surface area contributed by atoms with Crippen molar-refractivity contribution >= 4 is 16.6 Å². The lowest BCUT2D eigenvalue weighted by atomic mass is 10.0. The van der Waals surface area contributed by atoms with Gasteiger partial charge in [-0.2, -0.15) is 5.10 Å². The Morgan fingerprint density at radius 1 is 1.06 bits per heavy atom. The molecule has 4 aromatic rings. The fourth-order valence-corrected chi connectivity index (χ4v) is 4.59. The molecular formula is C24H28N8. The van der Waals surface area contributed by atoms with Crippen molar-refractivity contribution in [2.45, 2.75) is 32.4 Å². The van der Waals surface area contributed by atoms with Crippen LogP contribution in [0.25, 0.3) is 22.2 Å². The van der Waals surface area contributed by atoms with E-state index in [1.54, 1.807) is 12.5 Å². The van der Waals surface area contributed by atoms with E-state index in [1.807, 2.05) is 24.0 Å². The lowest BCUT2D eigenvalue weighted by molar-refractivity contribution is 0.197. The van der Waals surface area contributed by atoms with Crippen molar-refractivity contribution in [3.63, 3.8) is 0 Å². The number of aryl methyl sites for hydroxylation is 2. The summed E-state index contributed by atoms with van der Waals surface area (Å²) in [4.78, 5) is 13.4. The molecule has 5 rings (SSSR count). The van der Waals surface area contributed by atoms with E-state index in [-0.39, 0.29) is 0 Å². The molecule has 8 nitrogen and oxygen atoms in total. The van der Waals surface area contributed by atoms with Crippen molar-refractivity contribution < 1.29 is 0 Å². The van der Waals surface area contributed by atoms with Gasteiger partial charge in [0.25, 0.3) is 0 Å². The number of aromatic nitrogens is 6. The van der Waals surface area contributed by atoms with Gasteiger partial charge in [-0.3, -0.25) is 9.58 Å². The van der Waals surface area contributed by atoms with Crippen LogP contribution in [0.3, 0.4) is 0 Å². The smallest absolute Gasteiger partial charge is 0.159 e. The van der Waals surface area contributed by atoms with E-state index in [0.29, 0.717) is 6.04 Å². The molecule has 0 N–H and O–H groups in total. The fourth-order valence-electron chi connectivity index (χ4n) is 4.59. The van der Waals surface area contributed by atoms with Crippen LogP contribution in [0.2, 0.25) is 0 Å². The largest absolute Gasteiger partial charge is 0.354 e. The molecule has 1 fully saturated rings. The summed E-state index contributed by atoms with van der Waals surface area (Å²) in [5.74, 6) is 0.972. The zero-order valence-electron chi connectivity index (χ0n) is 18.8. The summed E-state index contributed by atoms with van der Waals surface area (Å²) in [5.41, 5.74) is 4.10. The lowest BCUT2D eigenvalue weighted by Gasteiger charge is -2.37. The standard InChI is InChI=1S/C24H28N8/c1-17-14-25-16-26-21(17)15-30(2)18-9-12-32(13-10-18)24-20-7-5-4-6-19(20)23(28-29-24)22-8-11-27-31(22)3/h4-8,11,14,16,18H,9-10,12-13,15H2,1-3H3. The fraction of sp³-hybridized carbons (Fsp3) is 0.375. The van der Waals surface area contributed by atoms with Gasteiger partial charge in [-0.1, -0.05) is 24.3 Å². The molecule has 0 unspecified atom stereocenters. The van der Waals surface area contributed by atoms with Gasteiger partial charge in [0, 0.05) is 55.9 Å². The summed E-state index contributed by atoms with van der Waals surface area (Å²) < 4.78 is 1.84. The molecule has 1 saturated heterocycles. The van der Waals surface area contributed by atoms with Gasteiger partial charge in [0.05, 0.1) is 11.4 Å². The minimum atomic E-state index is 0.522. The highest BCUT2D eigenvalue weighted by Crippen LogP contribution is 2.32. The van der Waals surface area contributed by atoms with Crippen LogP contribution in [0.1, 0.15) is 24.1 Å². The zero-order chi connectivity index (χ0) is 22.1.